The molecule has 0 fully saturated rings. The summed E-state index contributed by atoms with van der Waals surface area (Å²) in [6.07, 6.45) is 0.676. The van der Waals surface area contributed by atoms with Gasteiger partial charge in [0.25, 0.3) is 0 Å². The molecule has 0 aliphatic rings. The molecule has 4 N–H and O–H groups in total. The van der Waals surface area contributed by atoms with Crippen molar-refractivity contribution in [3.63, 3.8) is 0 Å². The number of nitrogens with two attached hydrogens (primary N) is 1. The monoisotopic (exact) mass is 240 g/mol. The van der Waals surface area contributed by atoms with Crippen LogP contribution in [0.5, 0.6) is 0 Å². The van der Waals surface area contributed by atoms with Gasteiger partial charge >= 0.3 is 0 Å². The molecule has 1 atom stereocenters. The Hall–Kier alpha value is -1.29. The van der Waals surface area contributed by atoms with Crippen molar-refractivity contribution in [1.82, 2.24) is 0 Å². The zero-order valence-electron chi connectivity index (χ0n) is 10.6. The van der Waals surface area contributed by atoms with Crippen molar-refractivity contribution in [2.45, 2.75) is 32.8 Å². The maximum atomic E-state index is 13.2. The van der Waals surface area contributed by atoms with E-state index < -0.39 is 11.4 Å². The molecule has 0 spiro atoms. The van der Waals surface area contributed by atoms with Crippen LogP contribution in [-0.2, 0) is 0 Å². The van der Waals surface area contributed by atoms with Crippen LogP contribution in [0.15, 0.2) is 18.2 Å². The van der Waals surface area contributed by atoms with Crippen LogP contribution in [-0.4, -0.2) is 17.3 Å². The van der Waals surface area contributed by atoms with E-state index in [1.807, 2.05) is 13.8 Å². The lowest BCUT2D eigenvalue weighted by Gasteiger charge is -2.26. The first-order chi connectivity index (χ1) is 7.82. The highest BCUT2D eigenvalue weighted by atomic mass is 19.1. The fourth-order valence-corrected chi connectivity index (χ4v) is 1.93. The van der Waals surface area contributed by atoms with Crippen LogP contribution in [0.2, 0.25) is 0 Å². The number of para-hydroxylation sites is 1. The first-order valence-electron chi connectivity index (χ1n) is 5.82. The van der Waals surface area contributed by atoms with Crippen molar-refractivity contribution in [3.05, 3.63) is 24.0 Å². The molecule has 17 heavy (non-hydrogen) atoms. The molecule has 0 radical (unpaired) electrons. The molecule has 0 aliphatic heterocycles. The molecule has 1 unspecified atom stereocenters. The van der Waals surface area contributed by atoms with Crippen molar-refractivity contribution < 1.29 is 9.50 Å². The molecule has 0 heterocycles. The van der Waals surface area contributed by atoms with Crippen LogP contribution in [0.4, 0.5) is 15.8 Å². The predicted molar refractivity (Wildman–Crippen MR) is 69.4 cm³/mol. The standard InChI is InChI=1S/C13H21FN2O/c1-9(2)7-13(3,17)8-16-11-6-4-5-10(14)12(11)15/h4-6,9,16-17H,7-8,15H2,1-3H3. The third-order valence-corrected chi connectivity index (χ3v) is 2.56. The van der Waals surface area contributed by atoms with Gasteiger partial charge in [-0.15, -0.1) is 0 Å². The average molecular weight is 240 g/mol. The second kappa shape index (κ2) is 5.36. The SMILES string of the molecule is CC(C)CC(C)(O)CNc1cccc(F)c1N. The van der Waals surface area contributed by atoms with Crippen molar-refractivity contribution in [3.8, 4) is 0 Å². The van der Waals surface area contributed by atoms with E-state index in [0.29, 0.717) is 24.6 Å². The molecule has 0 saturated heterocycles. The molecule has 96 valence electrons. The molecule has 0 aliphatic carbocycles. The highest BCUT2D eigenvalue weighted by Crippen LogP contribution is 2.23. The number of nitrogen functional groups attached to an aromatic ring is 1. The van der Waals surface area contributed by atoms with E-state index in [4.69, 9.17) is 5.73 Å². The number of aliphatic hydroxyl groups is 1. The van der Waals surface area contributed by atoms with Crippen LogP contribution < -0.4 is 11.1 Å². The molecule has 1 rings (SSSR count). The lowest BCUT2D eigenvalue weighted by atomic mass is 9.94. The first kappa shape index (κ1) is 13.8. The minimum absolute atomic E-state index is 0.0906. The maximum Gasteiger partial charge on any atom is 0.148 e. The second-order valence-electron chi connectivity index (χ2n) is 5.15. The Balaban J connectivity index is 2.64. The Morgan fingerprint density at radius 2 is 2.12 bits per heavy atom. The summed E-state index contributed by atoms with van der Waals surface area (Å²) in [6, 6.07) is 4.60. The summed E-state index contributed by atoms with van der Waals surface area (Å²) in [6.45, 7) is 6.20. The Morgan fingerprint density at radius 3 is 2.71 bits per heavy atom. The van der Waals surface area contributed by atoms with E-state index in [0.717, 1.165) is 0 Å². The lowest BCUT2D eigenvalue weighted by Crippen LogP contribution is -2.35. The van der Waals surface area contributed by atoms with Gasteiger partial charge in [-0.3, -0.25) is 0 Å². The van der Waals surface area contributed by atoms with Gasteiger partial charge in [0.2, 0.25) is 0 Å². The van der Waals surface area contributed by atoms with Crippen molar-refractivity contribution in [2.24, 2.45) is 5.92 Å². The van der Waals surface area contributed by atoms with E-state index in [1.165, 1.54) is 6.07 Å². The van der Waals surface area contributed by atoms with Crippen LogP contribution in [0, 0.1) is 11.7 Å². The normalized spacial score (nSPS) is 14.7. The summed E-state index contributed by atoms with van der Waals surface area (Å²) in [4.78, 5) is 0. The molecule has 0 amide bonds. The average Bonchev–Trinajstić information content (AvgIpc) is 2.18. The molecule has 0 aromatic heterocycles. The zero-order chi connectivity index (χ0) is 13.1. The largest absolute Gasteiger partial charge is 0.395 e. The quantitative estimate of drug-likeness (QED) is 0.693. The fourth-order valence-electron chi connectivity index (χ4n) is 1.93. The summed E-state index contributed by atoms with van der Waals surface area (Å²) in [5, 5.41) is 13.1. The molecule has 0 bridgehead atoms. The molecule has 1 aromatic rings. The van der Waals surface area contributed by atoms with Crippen molar-refractivity contribution in [1.29, 1.82) is 0 Å². The smallest absolute Gasteiger partial charge is 0.148 e. The van der Waals surface area contributed by atoms with E-state index in [9.17, 15) is 9.50 Å². The van der Waals surface area contributed by atoms with Gasteiger partial charge in [-0.05, 0) is 31.4 Å². The van der Waals surface area contributed by atoms with Crippen LogP contribution >= 0.6 is 0 Å². The fraction of sp³-hybridized carbons (Fsp3) is 0.538. The van der Waals surface area contributed by atoms with E-state index in [2.05, 4.69) is 5.32 Å². The van der Waals surface area contributed by atoms with E-state index in [1.54, 1.807) is 19.1 Å². The highest BCUT2D eigenvalue weighted by molar-refractivity contribution is 5.66. The van der Waals surface area contributed by atoms with E-state index >= 15 is 0 Å². The Labute approximate surface area is 102 Å². The summed E-state index contributed by atoms with van der Waals surface area (Å²) in [5.74, 6) is -0.0461. The summed E-state index contributed by atoms with van der Waals surface area (Å²) in [7, 11) is 0. The molecular weight excluding hydrogens is 219 g/mol. The summed E-state index contributed by atoms with van der Waals surface area (Å²) < 4.78 is 13.2. The predicted octanol–water partition coefficient (Wildman–Crippen LogP) is 2.62. The van der Waals surface area contributed by atoms with Crippen molar-refractivity contribution >= 4 is 11.4 Å². The van der Waals surface area contributed by atoms with Gasteiger partial charge in [-0.25, -0.2) is 4.39 Å². The number of benzene rings is 1. The number of hydrogen-bond acceptors (Lipinski definition) is 3. The van der Waals surface area contributed by atoms with E-state index in [-0.39, 0.29) is 5.69 Å². The van der Waals surface area contributed by atoms with Gasteiger partial charge < -0.3 is 16.2 Å². The number of halogens is 1. The third-order valence-electron chi connectivity index (χ3n) is 2.56. The molecule has 1 aromatic carbocycles. The Morgan fingerprint density at radius 1 is 1.47 bits per heavy atom. The minimum Gasteiger partial charge on any atom is -0.395 e. The number of anilines is 2. The molecular formula is C13H21FN2O. The van der Waals surface area contributed by atoms with Crippen LogP contribution in [0.3, 0.4) is 0 Å². The summed E-state index contributed by atoms with van der Waals surface area (Å²) >= 11 is 0. The number of nitrogens with one attached hydrogen (secondary N) is 1. The van der Waals surface area contributed by atoms with Crippen LogP contribution in [0.1, 0.15) is 27.2 Å². The topological polar surface area (TPSA) is 58.3 Å². The van der Waals surface area contributed by atoms with Crippen LogP contribution in [0.25, 0.3) is 0 Å². The lowest BCUT2D eigenvalue weighted by molar-refractivity contribution is 0.0515. The zero-order valence-corrected chi connectivity index (χ0v) is 10.6. The summed E-state index contributed by atoms with van der Waals surface area (Å²) in [5.41, 5.74) is 5.38. The van der Waals surface area contributed by atoms with Gasteiger partial charge in [0.1, 0.15) is 5.82 Å². The van der Waals surface area contributed by atoms with Gasteiger partial charge in [-0.2, -0.15) is 0 Å². The van der Waals surface area contributed by atoms with Gasteiger partial charge in [0.05, 0.1) is 17.0 Å². The van der Waals surface area contributed by atoms with Gasteiger partial charge in [0.15, 0.2) is 0 Å². The first-order valence-corrected chi connectivity index (χ1v) is 5.82. The van der Waals surface area contributed by atoms with Crippen molar-refractivity contribution in [2.75, 3.05) is 17.6 Å². The van der Waals surface area contributed by atoms with Gasteiger partial charge in [0, 0.05) is 6.54 Å². The number of rotatable bonds is 5. The highest BCUT2D eigenvalue weighted by Gasteiger charge is 2.21. The Kier molecular flexibility index (Phi) is 4.34. The molecule has 3 nitrogen and oxygen atoms in total. The molecule has 4 heteroatoms. The third kappa shape index (κ3) is 4.23. The molecule has 0 saturated carbocycles. The Bertz CT molecular complexity index is 378. The van der Waals surface area contributed by atoms with Gasteiger partial charge in [-0.1, -0.05) is 19.9 Å². The minimum atomic E-state index is -0.826. The number of hydrogen-bond donors (Lipinski definition) is 3. The second-order valence-corrected chi connectivity index (χ2v) is 5.15. The maximum absolute atomic E-state index is 13.2.